The molecule has 1 aliphatic heterocycles. The van der Waals surface area contributed by atoms with Gasteiger partial charge in [-0.1, -0.05) is 18.2 Å². The molecule has 19 heavy (non-hydrogen) atoms. The molecule has 1 aromatic rings. The minimum atomic E-state index is -4.27. The van der Waals surface area contributed by atoms with Gasteiger partial charge in [0, 0.05) is 35.6 Å². The summed E-state index contributed by atoms with van der Waals surface area (Å²) >= 11 is 3.82. The monoisotopic (exact) mass is 307 g/mol. The Bertz CT molecular complexity index is 403. The van der Waals surface area contributed by atoms with E-state index in [1.165, 1.54) is 11.8 Å². The van der Waals surface area contributed by atoms with E-state index in [2.05, 4.69) is 5.32 Å². The van der Waals surface area contributed by atoms with Crippen molar-refractivity contribution in [2.24, 2.45) is 0 Å². The van der Waals surface area contributed by atoms with Crippen LogP contribution in [0.3, 0.4) is 0 Å². The number of hydrogen-bond donors (Lipinski definition) is 1. The maximum absolute atomic E-state index is 12.8. The lowest BCUT2D eigenvalue weighted by Crippen LogP contribution is -2.29. The molecule has 0 bridgehead atoms. The molecule has 0 aromatic heterocycles. The lowest BCUT2D eigenvalue weighted by atomic mass is 10.1. The first-order chi connectivity index (χ1) is 9.07. The molecule has 6 heteroatoms. The van der Waals surface area contributed by atoms with Crippen molar-refractivity contribution in [2.45, 2.75) is 18.0 Å². The molecule has 106 valence electrons. The zero-order chi connectivity index (χ0) is 13.7. The van der Waals surface area contributed by atoms with Gasteiger partial charge in [0.25, 0.3) is 0 Å². The Kier molecular flexibility index (Phi) is 5.47. The highest BCUT2D eigenvalue weighted by atomic mass is 32.2. The lowest BCUT2D eigenvalue weighted by molar-refractivity contribution is -0.138. The first kappa shape index (κ1) is 15.1. The quantitative estimate of drug-likeness (QED) is 0.912. The molecular weight excluding hydrogens is 291 g/mol. The fourth-order valence-corrected chi connectivity index (χ4v) is 4.62. The number of benzene rings is 1. The maximum Gasteiger partial charge on any atom is 0.416 e. The molecule has 1 saturated heterocycles. The number of halogens is 3. The van der Waals surface area contributed by atoms with Crippen LogP contribution in [0.4, 0.5) is 13.2 Å². The molecule has 1 N–H and O–H groups in total. The van der Waals surface area contributed by atoms with Crippen LogP contribution in [0.2, 0.25) is 0 Å². The summed E-state index contributed by atoms with van der Waals surface area (Å²) in [6, 6.07) is 5.76. The minimum Gasteiger partial charge on any atom is -0.312 e. The summed E-state index contributed by atoms with van der Waals surface area (Å²) in [7, 11) is 0. The fraction of sp³-hybridized carbons (Fsp3) is 0.538. The molecule has 0 saturated carbocycles. The zero-order valence-corrected chi connectivity index (χ0v) is 12.0. The number of hydrogen-bond acceptors (Lipinski definition) is 3. The first-order valence-corrected chi connectivity index (χ1v) is 8.33. The molecule has 1 nitrogen and oxygen atoms in total. The van der Waals surface area contributed by atoms with E-state index < -0.39 is 11.7 Å². The fourth-order valence-electron chi connectivity index (χ4n) is 1.97. The molecule has 1 heterocycles. The molecule has 1 aliphatic rings. The number of alkyl halides is 3. The Hall–Kier alpha value is -0.330. The van der Waals surface area contributed by atoms with Crippen LogP contribution >= 0.6 is 23.5 Å². The third-order valence-corrected chi connectivity index (χ3v) is 5.74. The Morgan fingerprint density at radius 2 is 2.00 bits per heavy atom. The molecule has 1 aromatic carbocycles. The van der Waals surface area contributed by atoms with E-state index in [1.54, 1.807) is 12.1 Å². The molecule has 1 fully saturated rings. The third-order valence-electron chi connectivity index (χ3n) is 2.90. The molecule has 0 aliphatic carbocycles. The predicted octanol–water partition coefficient (Wildman–Crippen LogP) is 3.64. The van der Waals surface area contributed by atoms with E-state index in [0.29, 0.717) is 10.8 Å². The standard InChI is InChI=1S/C13H16F3NS2/c14-13(15,16)12-4-2-1-3-10(12)7-17-8-11-9-18-5-6-19-11/h1-4,11,17H,5-9H2. The van der Waals surface area contributed by atoms with Gasteiger partial charge in [0.1, 0.15) is 0 Å². The van der Waals surface area contributed by atoms with E-state index in [0.717, 1.165) is 24.1 Å². The second kappa shape index (κ2) is 6.90. The van der Waals surface area contributed by atoms with Crippen LogP contribution in [0, 0.1) is 0 Å². The van der Waals surface area contributed by atoms with Crippen LogP contribution in [0.5, 0.6) is 0 Å². The normalized spacial score (nSPS) is 20.5. The van der Waals surface area contributed by atoms with E-state index in [-0.39, 0.29) is 6.54 Å². The highest BCUT2D eigenvalue weighted by Crippen LogP contribution is 2.31. The van der Waals surface area contributed by atoms with Crippen LogP contribution in [0.15, 0.2) is 24.3 Å². The summed E-state index contributed by atoms with van der Waals surface area (Å²) in [5.41, 5.74) is -0.211. The van der Waals surface area contributed by atoms with Crippen LogP contribution in [0.1, 0.15) is 11.1 Å². The van der Waals surface area contributed by atoms with Crippen LogP contribution in [-0.4, -0.2) is 29.1 Å². The predicted molar refractivity (Wildman–Crippen MR) is 76.7 cm³/mol. The van der Waals surface area contributed by atoms with Crippen molar-refractivity contribution < 1.29 is 13.2 Å². The molecule has 0 radical (unpaired) electrons. The van der Waals surface area contributed by atoms with Crippen molar-refractivity contribution in [3.63, 3.8) is 0 Å². The van der Waals surface area contributed by atoms with Gasteiger partial charge in [-0.25, -0.2) is 0 Å². The van der Waals surface area contributed by atoms with E-state index in [4.69, 9.17) is 0 Å². The van der Waals surface area contributed by atoms with Crippen molar-refractivity contribution in [3.8, 4) is 0 Å². The number of rotatable bonds is 4. The summed E-state index contributed by atoms with van der Waals surface area (Å²) < 4.78 is 38.4. The van der Waals surface area contributed by atoms with Gasteiger partial charge < -0.3 is 5.32 Å². The van der Waals surface area contributed by atoms with Crippen LogP contribution in [-0.2, 0) is 12.7 Å². The molecule has 1 unspecified atom stereocenters. The van der Waals surface area contributed by atoms with Crippen LogP contribution < -0.4 is 5.32 Å². The molecular formula is C13H16F3NS2. The average Bonchev–Trinajstić information content (AvgIpc) is 2.39. The molecule has 0 spiro atoms. The van der Waals surface area contributed by atoms with Gasteiger partial charge in [-0.3, -0.25) is 0 Å². The molecule has 2 rings (SSSR count). The highest BCUT2D eigenvalue weighted by Gasteiger charge is 2.32. The topological polar surface area (TPSA) is 12.0 Å². The second-order valence-electron chi connectivity index (χ2n) is 4.35. The number of thioether (sulfide) groups is 2. The van der Waals surface area contributed by atoms with Gasteiger partial charge >= 0.3 is 6.18 Å². The van der Waals surface area contributed by atoms with Crippen LogP contribution in [0.25, 0.3) is 0 Å². The molecule has 0 amide bonds. The van der Waals surface area contributed by atoms with Crippen molar-refractivity contribution >= 4 is 23.5 Å². The summed E-state index contributed by atoms with van der Waals surface area (Å²) in [4.78, 5) is 0. The summed E-state index contributed by atoms with van der Waals surface area (Å²) in [6.45, 7) is 1.04. The SMILES string of the molecule is FC(F)(F)c1ccccc1CNCC1CSCCS1. The van der Waals surface area contributed by atoms with Crippen molar-refractivity contribution in [1.82, 2.24) is 5.32 Å². The smallest absolute Gasteiger partial charge is 0.312 e. The van der Waals surface area contributed by atoms with Gasteiger partial charge in [0.2, 0.25) is 0 Å². The largest absolute Gasteiger partial charge is 0.416 e. The zero-order valence-electron chi connectivity index (χ0n) is 10.4. The highest BCUT2D eigenvalue weighted by molar-refractivity contribution is 8.06. The van der Waals surface area contributed by atoms with Gasteiger partial charge in [-0.05, 0) is 11.6 Å². The summed E-state index contributed by atoms with van der Waals surface area (Å²) in [5.74, 6) is 3.40. The average molecular weight is 307 g/mol. The third kappa shape index (κ3) is 4.61. The number of nitrogens with one attached hydrogen (secondary N) is 1. The Morgan fingerprint density at radius 1 is 1.21 bits per heavy atom. The molecule has 1 atom stereocenters. The van der Waals surface area contributed by atoms with Gasteiger partial charge in [0.15, 0.2) is 0 Å². The van der Waals surface area contributed by atoms with E-state index in [1.807, 2.05) is 23.5 Å². The Labute approximate surface area is 119 Å². The van der Waals surface area contributed by atoms with Crippen molar-refractivity contribution in [3.05, 3.63) is 35.4 Å². The van der Waals surface area contributed by atoms with E-state index >= 15 is 0 Å². The first-order valence-electron chi connectivity index (χ1n) is 6.12. The van der Waals surface area contributed by atoms with Crippen molar-refractivity contribution in [2.75, 3.05) is 23.8 Å². The summed E-state index contributed by atoms with van der Waals surface area (Å²) in [5, 5.41) is 3.66. The second-order valence-corrected chi connectivity index (χ2v) is 6.91. The van der Waals surface area contributed by atoms with Gasteiger partial charge in [-0.15, -0.1) is 0 Å². The minimum absolute atomic E-state index is 0.275. The maximum atomic E-state index is 12.8. The summed E-state index contributed by atoms with van der Waals surface area (Å²) in [6.07, 6.45) is -4.27. The van der Waals surface area contributed by atoms with Gasteiger partial charge in [-0.2, -0.15) is 36.7 Å². The lowest BCUT2D eigenvalue weighted by Gasteiger charge is -2.21. The Balaban J connectivity index is 1.88. The van der Waals surface area contributed by atoms with Gasteiger partial charge in [0.05, 0.1) is 5.56 Å². The Morgan fingerprint density at radius 3 is 2.68 bits per heavy atom. The van der Waals surface area contributed by atoms with Crippen molar-refractivity contribution in [1.29, 1.82) is 0 Å². The van der Waals surface area contributed by atoms with E-state index in [9.17, 15) is 13.2 Å².